The summed E-state index contributed by atoms with van der Waals surface area (Å²) >= 11 is 0. The van der Waals surface area contributed by atoms with Gasteiger partial charge < -0.3 is 13.0 Å². The van der Waals surface area contributed by atoms with Crippen LogP contribution in [0.25, 0.3) is 0 Å². The van der Waals surface area contributed by atoms with Gasteiger partial charge in [-0.3, -0.25) is 0 Å². The lowest BCUT2D eigenvalue weighted by molar-refractivity contribution is -0.773. The zero-order chi connectivity index (χ0) is 6.08. The number of rotatable bonds is 1. The van der Waals surface area contributed by atoms with Gasteiger partial charge in [0.2, 0.25) is 0 Å². The van der Waals surface area contributed by atoms with E-state index in [2.05, 4.69) is 0 Å². The summed E-state index contributed by atoms with van der Waals surface area (Å²) in [5, 5.41) is 0. The molecule has 0 aliphatic carbocycles. The average molecular weight is 108 g/mol. The summed E-state index contributed by atoms with van der Waals surface area (Å²) in [6.07, 6.45) is 0. The molecule has 4 heteroatoms. The van der Waals surface area contributed by atoms with Crippen LogP contribution in [0.2, 0.25) is 0 Å². The molecular formula is C3H9BF2N. The second-order valence-electron chi connectivity index (χ2n) is 2.39. The van der Waals surface area contributed by atoms with Crippen LogP contribution in [0.15, 0.2) is 0 Å². The Hall–Kier alpha value is -0.115. The summed E-state index contributed by atoms with van der Waals surface area (Å²) in [5.41, 5.74) is 0. The smallest absolute Gasteiger partial charge is 0.485 e. The van der Waals surface area contributed by atoms with E-state index in [1.807, 2.05) is 0 Å². The van der Waals surface area contributed by atoms with Crippen molar-refractivity contribution in [3.63, 3.8) is 0 Å². The number of quaternary nitrogens is 1. The van der Waals surface area contributed by atoms with Crippen LogP contribution in [0.3, 0.4) is 0 Å². The summed E-state index contributed by atoms with van der Waals surface area (Å²) in [6.45, 7) is 0. The van der Waals surface area contributed by atoms with Gasteiger partial charge in [0.05, 0.1) is 0 Å². The highest BCUT2D eigenvalue weighted by Crippen LogP contribution is 1.98. The topological polar surface area (TPSA) is 0 Å². The zero-order valence-electron chi connectivity index (χ0n) is 4.78. The first-order valence-corrected chi connectivity index (χ1v) is 2.04. The summed E-state index contributed by atoms with van der Waals surface area (Å²) < 4.78 is 22.8. The fourth-order valence-corrected chi connectivity index (χ4v) is 0. The van der Waals surface area contributed by atoms with E-state index in [1.54, 1.807) is 0 Å². The van der Waals surface area contributed by atoms with E-state index in [4.69, 9.17) is 0 Å². The molecule has 0 N–H and O–H groups in total. The van der Waals surface area contributed by atoms with Crippen molar-refractivity contribution in [2.75, 3.05) is 21.1 Å². The highest BCUT2D eigenvalue weighted by Gasteiger charge is 2.14. The lowest BCUT2D eigenvalue weighted by atomic mass is 10.1. The van der Waals surface area contributed by atoms with E-state index in [9.17, 15) is 8.63 Å². The molecule has 43 valence electrons. The molecule has 0 saturated heterocycles. The molecule has 0 bridgehead atoms. The van der Waals surface area contributed by atoms with Gasteiger partial charge in [0.25, 0.3) is 0 Å². The zero-order valence-corrected chi connectivity index (χ0v) is 4.78. The molecular weight excluding hydrogens is 98.8 g/mol. The van der Waals surface area contributed by atoms with E-state index in [-0.39, 0.29) is 4.39 Å². The Labute approximate surface area is 42.7 Å². The predicted octanol–water partition coefficient (Wildman–Crippen LogP) is 0.616. The lowest BCUT2D eigenvalue weighted by Gasteiger charge is -2.32. The minimum atomic E-state index is -2.26. The molecule has 7 heavy (non-hydrogen) atoms. The fourth-order valence-electron chi connectivity index (χ4n) is 0. The molecule has 1 nitrogen and oxygen atoms in total. The van der Waals surface area contributed by atoms with Crippen LogP contribution >= 0.6 is 0 Å². The summed E-state index contributed by atoms with van der Waals surface area (Å²) in [6, 6.07) is 0. The number of hydrogen-bond acceptors (Lipinski definition) is 0. The standard InChI is InChI=1S/C3H9BF2N/c1-7(2,3)4(5)6/h1-3H3. The Kier molecular flexibility index (Phi) is 1.75. The largest absolute Gasteiger partial charge is 0.523 e. The summed E-state index contributed by atoms with van der Waals surface area (Å²) in [7, 11) is 2.08. The van der Waals surface area contributed by atoms with Gasteiger partial charge in [-0.1, -0.05) is 0 Å². The van der Waals surface area contributed by atoms with Crippen LogP contribution in [0, 0.1) is 0 Å². The second kappa shape index (κ2) is 1.78. The molecule has 0 saturated carbocycles. The van der Waals surface area contributed by atoms with Crippen LogP contribution in [0.5, 0.6) is 0 Å². The van der Waals surface area contributed by atoms with Crippen molar-refractivity contribution in [3.05, 3.63) is 0 Å². The fraction of sp³-hybridized carbons (Fsp3) is 1.00. The first kappa shape index (κ1) is 6.88. The quantitative estimate of drug-likeness (QED) is 0.432. The third kappa shape index (κ3) is 2.56. The van der Waals surface area contributed by atoms with E-state index in [0.717, 1.165) is 0 Å². The molecule has 0 aromatic rings. The molecule has 0 atom stereocenters. The van der Waals surface area contributed by atoms with Crippen LogP contribution in [0.1, 0.15) is 0 Å². The van der Waals surface area contributed by atoms with Crippen LogP contribution in [0.4, 0.5) is 8.63 Å². The normalized spacial score (nSPS) is 12.9. The third-order valence-electron chi connectivity index (χ3n) is 0.586. The van der Waals surface area contributed by atoms with E-state index in [1.165, 1.54) is 21.1 Å². The van der Waals surface area contributed by atoms with Crippen molar-refractivity contribution >= 4 is 7.40 Å². The molecule has 0 amide bonds. The number of halogens is 2. The number of hydrogen-bond donors (Lipinski definition) is 0. The molecule has 0 aliphatic rings. The minimum absolute atomic E-state index is 0.278. The van der Waals surface area contributed by atoms with Gasteiger partial charge in [0.1, 0.15) is 0 Å². The Balaban J connectivity index is 3.54. The molecule has 0 aromatic carbocycles. The van der Waals surface area contributed by atoms with Gasteiger partial charge in [-0.25, -0.2) is 0 Å². The Morgan fingerprint density at radius 3 is 1.29 bits per heavy atom. The van der Waals surface area contributed by atoms with Crippen molar-refractivity contribution in [1.82, 2.24) is 0 Å². The van der Waals surface area contributed by atoms with E-state index >= 15 is 0 Å². The van der Waals surface area contributed by atoms with Crippen LogP contribution in [-0.4, -0.2) is 32.9 Å². The Bertz CT molecular complexity index is 58.4. The van der Waals surface area contributed by atoms with Gasteiger partial charge in [-0.15, -0.1) is 0 Å². The minimum Gasteiger partial charge on any atom is -0.485 e. The summed E-state index contributed by atoms with van der Waals surface area (Å²) in [4.78, 5) is 0. The lowest BCUT2D eigenvalue weighted by Crippen LogP contribution is -2.43. The van der Waals surface area contributed by atoms with Crippen molar-refractivity contribution in [1.29, 1.82) is 0 Å². The monoisotopic (exact) mass is 108 g/mol. The molecule has 0 fully saturated rings. The second-order valence-corrected chi connectivity index (χ2v) is 2.39. The van der Waals surface area contributed by atoms with Crippen LogP contribution in [-0.2, 0) is 0 Å². The Morgan fingerprint density at radius 1 is 1.14 bits per heavy atom. The maximum Gasteiger partial charge on any atom is 0.523 e. The summed E-state index contributed by atoms with van der Waals surface area (Å²) in [5.74, 6) is 0. The molecule has 0 spiro atoms. The number of nitrogens with zero attached hydrogens (tertiary/aromatic N) is 1. The average Bonchev–Trinajstić information content (AvgIpc) is 1.31. The molecule has 0 heterocycles. The van der Waals surface area contributed by atoms with E-state index < -0.39 is 7.40 Å². The van der Waals surface area contributed by atoms with Gasteiger partial charge in [0, 0.05) is 21.1 Å². The van der Waals surface area contributed by atoms with Gasteiger partial charge in [-0.05, 0) is 0 Å². The first-order chi connectivity index (χ1) is 2.94. The van der Waals surface area contributed by atoms with Gasteiger partial charge in [0.15, 0.2) is 0 Å². The molecule has 1 radical (unpaired) electrons. The highest BCUT2D eigenvalue weighted by atomic mass is 19.2. The first-order valence-electron chi connectivity index (χ1n) is 2.04. The van der Waals surface area contributed by atoms with Crippen molar-refractivity contribution in [3.8, 4) is 0 Å². The SMILES string of the molecule is C[N+](C)(C)[B-](F)F. The molecule has 0 unspecified atom stereocenters. The molecule has 0 aromatic heterocycles. The van der Waals surface area contributed by atoms with Crippen molar-refractivity contribution in [2.45, 2.75) is 0 Å². The van der Waals surface area contributed by atoms with Gasteiger partial charge >= 0.3 is 7.40 Å². The maximum atomic E-state index is 11.5. The van der Waals surface area contributed by atoms with Crippen molar-refractivity contribution < 1.29 is 13.0 Å². The molecule has 0 rings (SSSR count). The van der Waals surface area contributed by atoms with E-state index in [0.29, 0.717) is 0 Å². The van der Waals surface area contributed by atoms with Gasteiger partial charge in [-0.2, -0.15) is 0 Å². The predicted molar refractivity (Wildman–Crippen MR) is 26.0 cm³/mol. The van der Waals surface area contributed by atoms with Crippen LogP contribution < -0.4 is 0 Å². The third-order valence-corrected chi connectivity index (χ3v) is 0.586. The van der Waals surface area contributed by atoms with Crippen molar-refractivity contribution in [2.24, 2.45) is 0 Å². The molecule has 0 aliphatic heterocycles. The Morgan fingerprint density at radius 2 is 1.29 bits per heavy atom. The maximum absolute atomic E-state index is 11.5. The highest BCUT2D eigenvalue weighted by molar-refractivity contribution is 6.33.